The number of anilines is 1. The number of hydrogen-bond acceptors (Lipinski definition) is 7. The lowest BCUT2D eigenvalue weighted by molar-refractivity contribution is 0.414. The number of nitrogens with zero attached hydrogens (tertiary/aromatic N) is 4. The molecule has 2 N–H and O–H groups in total. The average Bonchev–Trinajstić information content (AvgIpc) is 3.11. The molecule has 0 atom stereocenters. The lowest BCUT2D eigenvalue weighted by atomic mass is 10.1. The molecule has 3 aromatic rings. The summed E-state index contributed by atoms with van der Waals surface area (Å²) in [5.41, 5.74) is 1.82. The van der Waals surface area contributed by atoms with Crippen molar-refractivity contribution in [3.05, 3.63) is 47.8 Å². The van der Waals surface area contributed by atoms with Crippen LogP contribution in [0.3, 0.4) is 0 Å². The van der Waals surface area contributed by atoms with Crippen LogP contribution >= 0.6 is 0 Å². The second-order valence-electron chi connectivity index (χ2n) is 6.18. The van der Waals surface area contributed by atoms with Gasteiger partial charge in [-0.05, 0) is 43.2 Å². The van der Waals surface area contributed by atoms with E-state index in [1.54, 1.807) is 18.5 Å². The summed E-state index contributed by atoms with van der Waals surface area (Å²) in [4.78, 5) is 0. The molecule has 0 spiro atoms. The largest absolute Gasteiger partial charge is 0.497 e. The van der Waals surface area contributed by atoms with E-state index in [-0.39, 0.29) is 12.3 Å². The van der Waals surface area contributed by atoms with Crippen LogP contribution in [0.25, 0.3) is 5.65 Å². The van der Waals surface area contributed by atoms with Crippen LogP contribution in [-0.4, -0.2) is 54.2 Å². The molecule has 0 aliphatic carbocycles. The molecule has 0 aliphatic heterocycles. The molecule has 0 saturated carbocycles. The summed E-state index contributed by atoms with van der Waals surface area (Å²) in [6.45, 7) is 2.58. The number of hydrogen-bond donors (Lipinski definition) is 2. The van der Waals surface area contributed by atoms with E-state index in [9.17, 15) is 8.42 Å². The zero-order chi connectivity index (χ0) is 20.0. The maximum Gasteiger partial charge on any atom is 0.211 e. The first kappa shape index (κ1) is 20.0. The van der Waals surface area contributed by atoms with E-state index >= 15 is 0 Å². The summed E-state index contributed by atoms with van der Waals surface area (Å²) in [7, 11) is -1.58. The van der Waals surface area contributed by atoms with Crippen LogP contribution in [0.15, 0.2) is 36.4 Å². The van der Waals surface area contributed by atoms with Gasteiger partial charge < -0.3 is 10.1 Å². The van der Waals surface area contributed by atoms with Gasteiger partial charge in [0.25, 0.3) is 0 Å². The molecule has 28 heavy (non-hydrogen) atoms. The third-order valence-corrected chi connectivity index (χ3v) is 5.66. The molecule has 2 aromatic heterocycles. The van der Waals surface area contributed by atoms with Crippen molar-refractivity contribution < 1.29 is 13.2 Å². The van der Waals surface area contributed by atoms with E-state index < -0.39 is 10.0 Å². The van der Waals surface area contributed by atoms with Crippen LogP contribution in [0.2, 0.25) is 0 Å². The van der Waals surface area contributed by atoms with Gasteiger partial charge in [0.15, 0.2) is 11.5 Å². The molecule has 10 heteroatoms. The van der Waals surface area contributed by atoms with Crippen LogP contribution in [0, 0.1) is 0 Å². The Bertz CT molecular complexity index is 1020. The minimum atomic E-state index is -3.23. The van der Waals surface area contributed by atoms with Crippen molar-refractivity contribution in [2.24, 2.45) is 0 Å². The number of ether oxygens (including phenoxy) is 1. The molecule has 9 nitrogen and oxygen atoms in total. The van der Waals surface area contributed by atoms with Crippen molar-refractivity contribution in [2.45, 2.75) is 19.8 Å². The first-order valence-electron chi connectivity index (χ1n) is 9.06. The molecule has 3 rings (SSSR count). The Morgan fingerprint density at radius 2 is 1.82 bits per heavy atom. The van der Waals surface area contributed by atoms with E-state index in [0.29, 0.717) is 23.7 Å². The molecule has 1 aromatic carbocycles. The third kappa shape index (κ3) is 5.17. The fraction of sp³-hybridized carbons (Fsp3) is 0.389. The van der Waals surface area contributed by atoms with E-state index in [4.69, 9.17) is 4.74 Å². The second-order valence-corrected chi connectivity index (χ2v) is 8.27. The molecule has 0 saturated heterocycles. The molecule has 2 heterocycles. The maximum absolute atomic E-state index is 11.5. The molecule has 0 bridgehead atoms. The first-order valence-corrected chi connectivity index (χ1v) is 10.7. The summed E-state index contributed by atoms with van der Waals surface area (Å²) in [5.74, 6) is 2.20. The molecule has 0 aliphatic rings. The van der Waals surface area contributed by atoms with Gasteiger partial charge >= 0.3 is 0 Å². The standard InChI is InChI=1S/C18H24N6O3S/c1-3-28(25,26)20-13-11-18-22-21-17-9-8-16(23-24(17)18)19-12-10-14-4-6-15(27-2)7-5-14/h4-9,20H,3,10-13H2,1-2H3,(H,19,23). The van der Waals surface area contributed by atoms with Gasteiger partial charge in [-0.25, -0.2) is 13.1 Å². The van der Waals surface area contributed by atoms with E-state index in [1.807, 2.05) is 36.4 Å². The highest BCUT2D eigenvalue weighted by molar-refractivity contribution is 7.89. The van der Waals surface area contributed by atoms with Crippen LogP contribution in [-0.2, 0) is 22.9 Å². The van der Waals surface area contributed by atoms with Crippen molar-refractivity contribution in [2.75, 3.05) is 31.3 Å². The highest BCUT2D eigenvalue weighted by Gasteiger charge is 2.10. The van der Waals surface area contributed by atoms with Gasteiger partial charge in [-0.2, -0.15) is 4.52 Å². The van der Waals surface area contributed by atoms with Crippen molar-refractivity contribution in [1.29, 1.82) is 0 Å². The zero-order valence-corrected chi connectivity index (χ0v) is 16.7. The topological polar surface area (TPSA) is 111 Å². The fourth-order valence-corrected chi connectivity index (χ4v) is 3.25. The number of benzene rings is 1. The fourth-order valence-electron chi connectivity index (χ4n) is 2.63. The van der Waals surface area contributed by atoms with Crippen LogP contribution in [0.4, 0.5) is 5.82 Å². The van der Waals surface area contributed by atoms with E-state index in [1.165, 1.54) is 5.56 Å². The molecule has 0 amide bonds. The van der Waals surface area contributed by atoms with Crippen molar-refractivity contribution in [3.63, 3.8) is 0 Å². The van der Waals surface area contributed by atoms with Crippen molar-refractivity contribution in [1.82, 2.24) is 24.5 Å². The van der Waals surface area contributed by atoms with Gasteiger partial charge in [0.1, 0.15) is 11.6 Å². The van der Waals surface area contributed by atoms with E-state index in [2.05, 4.69) is 25.3 Å². The quantitative estimate of drug-likeness (QED) is 0.523. The summed E-state index contributed by atoms with van der Waals surface area (Å²) in [6, 6.07) is 11.6. The number of nitrogens with one attached hydrogen (secondary N) is 2. The van der Waals surface area contributed by atoms with Gasteiger partial charge in [-0.1, -0.05) is 12.1 Å². The summed E-state index contributed by atoms with van der Waals surface area (Å²) >= 11 is 0. The normalized spacial score (nSPS) is 11.6. The SMILES string of the molecule is CCS(=O)(=O)NCCc1nnc2ccc(NCCc3ccc(OC)cc3)nn12. The predicted molar refractivity (Wildman–Crippen MR) is 107 cm³/mol. The third-order valence-electron chi connectivity index (χ3n) is 4.26. The van der Waals surface area contributed by atoms with Gasteiger partial charge in [-0.15, -0.1) is 15.3 Å². The number of sulfonamides is 1. The Hall–Kier alpha value is -2.72. The number of rotatable bonds is 10. The predicted octanol–water partition coefficient (Wildman–Crippen LogP) is 1.27. The molecule has 0 unspecified atom stereocenters. The van der Waals surface area contributed by atoms with Gasteiger partial charge in [0.05, 0.1) is 12.9 Å². The van der Waals surface area contributed by atoms with E-state index in [0.717, 1.165) is 18.7 Å². The number of methoxy groups -OCH3 is 1. The molecule has 150 valence electrons. The van der Waals surface area contributed by atoms with Crippen LogP contribution < -0.4 is 14.8 Å². The summed E-state index contributed by atoms with van der Waals surface area (Å²) in [5, 5.41) is 16.0. The average molecular weight is 404 g/mol. The van der Waals surface area contributed by atoms with Gasteiger partial charge in [0, 0.05) is 19.5 Å². The zero-order valence-electron chi connectivity index (χ0n) is 15.9. The van der Waals surface area contributed by atoms with Crippen LogP contribution in [0.1, 0.15) is 18.3 Å². The smallest absolute Gasteiger partial charge is 0.211 e. The van der Waals surface area contributed by atoms with Crippen LogP contribution in [0.5, 0.6) is 5.75 Å². The Morgan fingerprint density at radius 3 is 2.54 bits per heavy atom. The Balaban J connectivity index is 1.59. The highest BCUT2D eigenvalue weighted by atomic mass is 32.2. The maximum atomic E-state index is 11.5. The Kier molecular flexibility index (Phi) is 6.42. The minimum Gasteiger partial charge on any atom is -0.497 e. The molecular formula is C18H24N6O3S. The van der Waals surface area contributed by atoms with Gasteiger partial charge in [0.2, 0.25) is 10.0 Å². The summed E-state index contributed by atoms with van der Waals surface area (Å²) < 4.78 is 32.4. The number of fused-ring (bicyclic) bond motifs is 1. The van der Waals surface area contributed by atoms with Gasteiger partial charge in [-0.3, -0.25) is 0 Å². The monoisotopic (exact) mass is 404 g/mol. The highest BCUT2D eigenvalue weighted by Crippen LogP contribution is 2.12. The molecule has 0 fully saturated rings. The lowest BCUT2D eigenvalue weighted by Crippen LogP contribution is -2.27. The first-order chi connectivity index (χ1) is 13.5. The summed E-state index contributed by atoms with van der Waals surface area (Å²) in [6.07, 6.45) is 1.25. The van der Waals surface area contributed by atoms with Crippen molar-refractivity contribution >= 4 is 21.5 Å². The van der Waals surface area contributed by atoms with Crippen molar-refractivity contribution in [3.8, 4) is 5.75 Å². The second kappa shape index (κ2) is 8.98. The molecule has 0 radical (unpaired) electrons. The Morgan fingerprint density at radius 1 is 1.04 bits per heavy atom. The minimum absolute atomic E-state index is 0.0497. The Labute approximate surface area is 164 Å². The molecular weight excluding hydrogens is 380 g/mol. The lowest BCUT2D eigenvalue weighted by Gasteiger charge is -2.07. The number of aromatic nitrogens is 4.